The summed E-state index contributed by atoms with van der Waals surface area (Å²) < 4.78 is 110. The topological polar surface area (TPSA) is 39.7 Å². The van der Waals surface area contributed by atoms with E-state index in [2.05, 4.69) is 5.32 Å². The fraction of sp³-hybridized carbons (Fsp3) is 0.368. The average molecular weight is 339 g/mol. The number of benzene rings is 2. The van der Waals surface area contributed by atoms with Crippen molar-refractivity contribution in [3.63, 3.8) is 0 Å². The molecular weight excluding hydrogens is 309 g/mol. The zero-order chi connectivity index (χ0) is 25.2. The van der Waals surface area contributed by atoms with Gasteiger partial charge in [-0.3, -0.25) is 0 Å². The lowest BCUT2D eigenvalue weighted by Gasteiger charge is -2.32. The summed E-state index contributed by atoms with van der Waals surface area (Å²) in [6, 6.07) is 0.658. The molecule has 4 rings (SSSR count). The highest BCUT2D eigenvalue weighted by Gasteiger charge is 2.27. The van der Waals surface area contributed by atoms with Crippen molar-refractivity contribution in [3.05, 3.63) is 53.7 Å². The van der Waals surface area contributed by atoms with Crippen molar-refractivity contribution in [1.82, 2.24) is 5.32 Å². The Kier molecular flexibility index (Phi) is 2.16. The van der Waals surface area contributed by atoms with Crippen molar-refractivity contribution in [2.24, 2.45) is 5.92 Å². The first-order valence-electron chi connectivity index (χ1n) is 12.3. The molecule has 0 aromatic heterocycles. The zero-order valence-electron chi connectivity index (χ0n) is 22.4. The van der Waals surface area contributed by atoms with Gasteiger partial charge in [0.15, 0.2) is 11.5 Å². The molecule has 5 heteroatoms. The third kappa shape index (κ3) is 3.17. The fourth-order valence-electron chi connectivity index (χ4n) is 2.51. The Bertz CT molecular complexity index is 1120. The number of ether oxygens (including phenoxy) is 3. The molecule has 1 unspecified atom stereocenters. The Hall–Kier alpha value is -2.27. The van der Waals surface area contributed by atoms with Crippen LogP contribution in [0.5, 0.6) is 17.2 Å². The van der Waals surface area contributed by atoms with Crippen LogP contribution in [0.4, 0.5) is 4.39 Å². The highest BCUT2D eigenvalue weighted by Crippen LogP contribution is 2.36. The first-order valence-corrected chi connectivity index (χ1v) is 7.30. The van der Waals surface area contributed by atoms with E-state index in [4.69, 9.17) is 27.9 Å². The van der Waals surface area contributed by atoms with Crippen LogP contribution in [0.2, 0.25) is 0 Å². The van der Waals surface area contributed by atoms with Gasteiger partial charge < -0.3 is 19.5 Å². The molecule has 24 heavy (non-hydrogen) atoms. The van der Waals surface area contributed by atoms with E-state index in [-0.39, 0.29) is 17.2 Å². The Balaban J connectivity index is 1.72. The summed E-state index contributed by atoms with van der Waals surface area (Å²) in [5, 5.41) is 2.46. The van der Waals surface area contributed by atoms with Gasteiger partial charge in [0, 0.05) is 24.0 Å². The van der Waals surface area contributed by atoms with Gasteiger partial charge in [-0.25, -0.2) is 4.39 Å². The smallest absolute Gasteiger partial charge is 0.231 e. The highest BCUT2D eigenvalue weighted by atomic mass is 19.1. The van der Waals surface area contributed by atoms with Crippen LogP contribution >= 0.6 is 0 Å². The summed E-state index contributed by atoms with van der Waals surface area (Å²) in [7, 11) is 0. The number of fused-ring (bicyclic) bond motifs is 1. The molecule has 126 valence electrons. The van der Waals surface area contributed by atoms with Crippen LogP contribution in [0.15, 0.2) is 42.4 Å². The standard InChI is InChI=1S/C19H20FNO3/c20-15-3-1-13(2-4-15)17-7-8-21-10-14(17)11-22-16-5-6-18-19(9-16)24-12-23-18/h1-6,9,14,17,21H,7-8,10-12H2/t14?,17-/m0/s1/i1D,2D,3D,4D,7D2,10D2,12D2. The van der Waals surface area contributed by atoms with E-state index in [1.165, 1.54) is 18.2 Å². The lowest BCUT2D eigenvalue weighted by Crippen LogP contribution is -2.38. The molecular formula is C19H20FNO3. The van der Waals surface area contributed by atoms with Crippen LogP contribution in [0.1, 0.15) is 31.6 Å². The number of halogens is 1. The number of nitrogens with one attached hydrogen (secondary N) is 1. The SMILES string of the molecule is [2H]c1c([2H])c([C@H]2C(COc3ccc4c(c3)OC([2H])([2H])O4)C([2H])([2H])NCC2([2H])[2H])c([2H])c([2H])c1F. The molecule has 2 aromatic rings. The first-order chi connectivity index (χ1) is 15.6. The quantitative estimate of drug-likeness (QED) is 0.927. The molecule has 0 amide bonds. The number of piperidine rings is 1. The second kappa shape index (κ2) is 6.69. The zero-order valence-corrected chi connectivity index (χ0v) is 12.4. The lowest BCUT2D eigenvalue weighted by molar-refractivity contribution is 0.173. The Morgan fingerprint density at radius 3 is 2.96 bits per heavy atom. The fourth-order valence-corrected chi connectivity index (χ4v) is 2.51. The van der Waals surface area contributed by atoms with Crippen LogP contribution < -0.4 is 19.5 Å². The summed E-state index contributed by atoms with van der Waals surface area (Å²) in [5.74, 6) is -3.91. The third-order valence-electron chi connectivity index (χ3n) is 3.67. The maximum absolute atomic E-state index is 14.1. The van der Waals surface area contributed by atoms with E-state index in [0.29, 0.717) is 0 Å². The Morgan fingerprint density at radius 1 is 1.25 bits per heavy atom. The maximum Gasteiger partial charge on any atom is 0.231 e. The molecule has 0 bridgehead atoms. The van der Waals surface area contributed by atoms with Crippen molar-refractivity contribution in [3.8, 4) is 17.2 Å². The second-order valence-corrected chi connectivity index (χ2v) is 5.22. The van der Waals surface area contributed by atoms with Crippen LogP contribution in [0, 0.1) is 11.7 Å². The molecule has 0 spiro atoms. The van der Waals surface area contributed by atoms with Gasteiger partial charge in [0.2, 0.25) is 6.75 Å². The minimum atomic E-state index is -2.35. The lowest BCUT2D eigenvalue weighted by atomic mass is 9.81. The summed E-state index contributed by atoms with van der Waals surface area (Å²) in [6.07, 6.45) is -2.23. The van der Waals surface area contributed by atoms with Gasteiger partial charge in [-0.2, -0.15) is 0 Å². The minimum absolute atomic E-state index is 0.0530. The number of rotatable bonds is 4. The Morgan fingerprint density at radius 2 is 2.08 bits per heavy atom. The van der Waals surface area contributed by atoms with Gasteiger partial charge in [0.1, 0.15) is 14.3 Å². The van der Waals surface area contributed by atoms with Crippen molar-refractivity contribution < 1.29 is 32.3 Å². The largest absolute Gasteiger partial charge is 0.493 e. The molecule has 1 N–H and O–H groups in total. The summed E-state index contributed by atoms with van der Waals surface area (Å²) in [4.78, 5) is 0. The van der Waals surface area contributed by atoms with E-state index in [1.807, 2.05) is 0 Å². The first kappa shape index (κ1) is 7.74. The molecule has 4 nitrogen and oxygen atoms in total. The predicted octanol–water partition coefficient (Wildman–Crippen LogP) is 3.33. The van der Waals surface area contributed by atoms with Gasteiger partial charge in [0.25, 0.3) is 0 Å². The number of hydrogen-bond acceptors (Lipinski definition) is 4. The van der Waals surface area contributed by atoms with Crippen molar-refractivity contribution >= 4 is 0 Å². The van der Waals surface area contributed by atoms with Gasteiger partial charge in [0.05, 0.1) is 12.1 Å². The monoisotopic (exact) mass is 339 g/mol. The molecule has 1 fully saturated rings. The van der Waals surface area contributed by atoms with Crippen LogP contribution in [-0.4, -0.2) is 26.4 Å². The Labute approximate surface area is 154 Å². The second-order valence-electron chi connectivity index (χ2n) is 5.22. The van der Waals surface area contributed by atoms with Crippen molar-refractivity contribution in [2.75, 3.05) is 26.4 Å². The maximum atomic E-state index is 14.1. The van der Waals surface area contributed by atoms with E-state index in [0.717, 1.165) is 0 Å². The van der Waals surface area contributed by atoms with E-state index >= 15 is 0 Å². The molecule has 2 aliphatic heterocycles. The molecule has 2 heterocycles. The normalized spacial score (nSPS) is 34.7. The van der Waals surface area contributed by atoms with Gasteiger partial charge in [-0.15, -0.1) is 0 Å². The van der Waals surface area contributed by atoms with Crippen molar-refractivity contribution in [2.45, 2.75) is 12.3 Å². The van der Waals surface area contributed by atoms with Gasteiger partial charge in [-0.05, 0) is 48.6 Å². The van der Waals surface area contributed by atoms with E-state index in [1.54, 1.807) is 0 Å². The molecule has 1 saturated heterocycles. The van der Waals surface area contributed by atoms with E-state index < -0.39 is 80.2 Å². The molecule has 2 aliphatic rings. The summed E-state index contributed by atoms with van der Waals surface area (Å²) >= 11 is 0. The highest BCUT2D eigenvalue weighted by molar-refractivity contribution is 5.46. The van der Waals surface area contributed by atoms with Gasteiger partial charge in [-0.1, -0.05) is 12.1 Å². The average Bonchev–Trinajstić information content (AvgIpc) is 3.06. The van der Waals surface area contributed by atoms with Crippen LogP contribution in [0.3, 0.4) is 0 Å². The molecule has 0 aliphatic carbocycles. The number of hydrogen-bond donors (Lipinski definition) is 1. The summed E-state index contributed by atoms with van der Waals surface area (Å²) in [6.45, 7) is -5.56. The van der Waals surface area contributed by atoms with Crippen LogP contribution in [0.25, 0.3) is 0 Å². The third-order valence-corrected chi connectivity index (χ3v) is 3.67. The molecule has 0 radical (unpaired) electrons. The van der Waals surface area contributed by atoms with E-state index in [9.17, 15) is 4.39 Å². The molecule has 2 atom stereocenters. The van der Waals surface area contributed by atoms with Gasteiger partial charge >= 0.3 is 0 Å². The summed E-state index contributed by atoms with van der Waals surface area (Å²) in [5.41, 5.74) is -0.431. The van der Waals surface area contributed by atoms with Crippen LogP contribution in [-0.2, 0) is 0 Å². The van der Waals surface area contributed by atoms with Crippen molar-refractivity contribution in [1.29, 1.82) is 0 Å². The molecule has 2 aromatic carbocycles. The molecule has 0 saturated carbocycles. The predicted molar refractivity (Wildman–Crippen MR) is 88.2 cm³/mol. The minimum Gasteiger partial charge on any atom is -0.493 e.